The van der Waals surface area contributed by atoms with Crippen LogP contribution in [-0.4, -0.2) is 5.97 Å². The Kier molecular flexibility index (Phi) is 6.19. The summed E-state index contributed by atoms with van der Waals surface area (Å²) in [5.74, 6) is -0.352. The van der Waals surface area contributed by atoms with Crippen molar-refractivity contribution in [2.75, 3.05) is 0 Å². The van der Waals surface area contributed by atoms with E-state index in [4.69, 9.17) is 0 Å². The molecule has 0 aromatic heterocycles. The van der Waals surface area contributed by atoms with Crippen LogP contribution in [0.4, 0.5) is 0 Å². The van der Waals surface area contributed by atoms with Crippen LogP contribution in [0.3, 0.4) is 0 Å². The zero-order chi connectivity index (χ0) is 5.70. The maximum atomic E-state index is 10.1. The van der Waals surface area contributed by atoms with Gasteiger partial charge >= 0.3 is 0 Å². The van der Waals surface area contributed by atoms with Gasteiger partial charge in [0.1, 0.15) is 0 Å². The van der Waals surface area contributed by atoms with Gasteiger partial charge < -0.3 is 4.74 Å². The minimum atomic E-state index is -0.352. The van der Waals surface area contributed by atoms with Gasteiger partial charge in [0, 0.05) is 0 Å². The minimum Gasteiger partial charge on any atom is -0.640 e. The summed E-state index contributed by atoms with van der Waals surface area (Å²) in [4.78, 5) is 10.1. The molecule has 2 nitrogen and oxygen atoms in total. The largest absolute Gasteiger partial charge is 0.640 e. The van der Waals surface area contributed by atoms with Crippen LogP contribution in [0, 0.1) is 7.11 Å². The standard InChI is InChI=1S/C5H7O2.Rf/c1-3-4-5(6)7-2;/h3H,1-2,4H2;/q-1;. The van der Waals surface area contributed by atoms with Gasteiger partial charge in [0.05, 0.1) is 6.42 Å². The first-order valence-corrected chi connectivity index (χ1v) is 1.87. The van der Waals surface area contributed by atoms with Crippen molar-refractivity contribution >= 4 is 5.97 Å². The van der Waals surface area contributed by atoms with Crippen molar-refractivity contribution in [2.45, 2.75) is 6.42 Å². The maximum Gasteiger partial charge on any atom is 0.277 e. The zero-order valence-electron chi connectivity index (χ0n) is 4.72. The van der Waals surface area contributed by atoms with Gasteiger partial charge in [-0.2, -0.15) is 7.11 Å². The van der Waals surface area contributed by atoms with Crippen LogP contribution < -0.4 is 0 Å². The topological polar surface area (TPSA) is 26.3 Å². The van der Waals surface area contributed by atoms with E-state index < -0.39 is 0 Å². The first-order chi connectivity index (χ1) is 3.31. The molecule has 0 amide bonds. The molecule has 0 N–H and O–H groups in total. The van der Waals surface area contributed by atoms with Crippen LogP contribution in [0.1, 0.15) is 6.42 Å². The van der Waals surface area contributed by atoms with Crippen molar-refractivity contribution in [3.8, 4) is 0 Å². The van der Waals surface area contributed by atoms with E-state index in [1.807, 2.05) is 0 Å². The molecule has 0 aliphatic rings. The van der Waals surface area contributed by atoms with Crippen LogP contribution in [0.25, 0.3) is 0 Å². The zero-order valence-corrected chi connectivity index (χ0v) is 11.1. The third-order valence-electron chi connectivity index (χ3n) is 0.472. The number of hydrogen-bond acceptors (Lipinski definition) is 2. The van der Waals surface area contributed by atoms with Crippen LogP contribution in [0.5, 0.6) is 0 Å². The molecule has 42 valence electrons. The Morgan fingerprint density at radius 2 is 2.38 bits per heavy atom. The number of hydrogen-bond donors (Lipinski definition) is 0. The van der Waals surface area contributed by atoms with E-state index in [0.717, 1.165) is 0 Å². The van der Waals surface area contributed by atoms with E-state index in [9.17, 15) is 4.79 Å². The van der Waals surface area contributed by atoms with Crippen molar-refractivity contribution in [3.05, 3.63) is 19.8 Å². The summed E-state index contributed by atoms with van der Waals surface area (Å²) in [5, 5.41) is 0. The number of carbonyl (C=O) groups is 1. The molecule has 0 aliphatic heterocycles. The van der Waals surface area contributed by atoms with Gasteiger partial charge in [-0.05, 0) is 0 Å². The third kappa shape index (κ3) is 4.21. The predicted octanol–water partition coefficient (Wildman–Crippen LogP) is 0.897. The Balaban J connectivity index is 0. The average Bonchev–Trinajstić information content (AvgIpc) is 1.68. The van der Waals surface area contributed by atoms with Crippen LogP contribution in [0.2, 0.25) is 0 Å². The molecule has 0 fully saturated rings. The summed E-state index contributed by atoms with van der Waals surface area (Å²) >= 11 is 0. The summed E-state index contributed by atoms with van der Waals surface area (Å²) in [5.41, 5.74) is 0. The fourth-order valence-corrected chi connectivity index (χ4v) is 0.177. The van der Waals surface area contributed by atoms with Gasteiger partial charge in [0.2, 0.25) is 0 Å². The predicted molar refractivity (Wildman–Crippen MR) is 26.3 cm³/mol. The Bertz CT molecular complexity index is 80.5. The maximum absolute atomic E-state index is 10.1. The molecule has 8 heavy (non-hydrogen) atoms. The van der Waals surface area contributed by atoms with Crippen LogP contribution >= 0.6 is 0 Å². The van der Waals surface area contributed by atoms with Gasteiger partial charge in [-0.25, -0.2) is 0 Å². The first kappa shape index (κ1) is 9.51. The molecule has 0 bridgehead atoms. The van der Waals surface area contributed by atoms with Gasteiger partial charge in [-0.1, -0.05) is 6.08 Å². The summed E-state index contributed by atoms with van der Waals surface area (Å²) in [6.07, 6.45) is 1.71. The molecule has 0 heterocycles. The molecule has 0 saturated carbocycles. The number of carbonyl (C=O) groups excluding carboxylic acids is 1. The fourth-order valence-electron chi connectivity index (χ4n) is 0.177. The molecule has 0 saturated heterocycles. The molecule has 0 aromatic rings. The van der Waals surface area contributed by atoms with E-state index in [-0.39, 0.29) is 12.4 Å². The smallest absolute Gasteiger partial charge is 0.277 e. The second-order valence-corrected chi connectivity index (χ2v) is 1.01. The Labute approximate surface area is 42.8 Å². The second kappa shape index (κ2) is 5.21. The molecule has 3 heteroatoms. The van der Waals surface area contributed by atoms with Crippen molar-refractivity contribution in [3.63, 3.8) is 0 Å². The fraction of sp³-hybridized carbons (Fsp3) is 0.200. The van der Waals surface area contributed by atoms with E-state index in [2.05, 4.69) is 18.4 Å². The van der Waals surface area contributed by atoms with E-state index in [1.54, 1.807) is 0 Å². The Morgan fingerprint density at radius 1 is 1.88 bits per heavy atom. The Morgan fingerprint density at radius 3 is 2.50 bits per heavy atom. The average molecular weight is 366 g/mol. The molecular formula is C5H7O2Rf-. The number of esters is 1. The van der Waals surface area contributed by atoms with Gasteiger partial charge in [-0.15, -0.1) is 6.58 Å². The molecule has 0 atom stereocenters. The summed E-state index contributed by atoms with van der Waals surface area (Å²) in [6, 6.07) is 0. The first-order valence-electron chi connectivity index (χ1n) is 1.87. The molecule has 0 aliphatic carbocycles. The molecule has 0 radical (unpaired) electrons. The van der Waals surface area contributed by atoms with E-state index in [0.29, 0.717) is 0 Å². The summed E-state index contributed by atoms with van der Waals surface area (Å²) in [7, 11) is 2.91. The molecule has 0 rings (SSSR count). The minimum absolute atomic E-state index is 0. The summed E-state index contributed by atoms with van der Waals surface area (Å²) < 4.78 is 4.03. The van der Waals surface area contributed by atoms with Gasteiger partial charge in [0.15, 0.2) is 0 Å². The number of ether oxygens (including phenoxy) is 1. The van der Waals surface area contributed by atoms with Crippen LogP contribution in [-0.2, 0) is 9.53 Å². The third-order valence-corrected chi connectivity index (χ3v) is 0.472. The monoisotopic (exact) mass is 366 g/mol. The van der Waals surface area contributed by atoms with E-state index in [1.165, 1.54) is 6.08 Å². The Hall–Kier alpha value is -1.79. The van der Waals surface area contributed by atoms with Gasteiger partial charge in [-0.3, -0.25) is 4.79 Å². The van der Waals surface area contributed by atoms with Crippen LogP contribution in [0.15, 0.2) is 12.7 Å². The van der Waals surface area contributed by atoms with Gasteiger partial charge in [0.25, 0.3) is 5.97 Å². The molecule has 0 spiro atoms. The quantitative estimate of drug-likeness (QED) is 0.413. The molecular weight excluding hydrogens is 359 g/mol. The molecule has 0 unspecified atom stereocenters. The molecule has 0 aromatic carbocycles. The van der Waals surface area contributed by atoms with Crippen molar-refractivity contribution in [1.29, 1.82) is 0 Å². The van der Waals surface area contributed by atoms with E-state index >= 15 is 0 Å². The normalized spacial score (nSPS) is 6.62. The van der Waals surface area contributed by atoms with Crippen molar-refractivity contribution in [2.24, 2.45) is 0 Å². The summed E-state index contributed by atoms with van der Waals surface area (Å²) in [6.45, 7) is 3.32. The van der Waals surface area contributed by atoms with Crippen molar-refractivity contribution < 1.29 is 9.53 Å². The SMILES string of the molecule is C=CCC(=O)O[CH2-].[Rf]. The van der Waals surface area contributed by atoms with Crippen molar-refractivity contribution in [1.82, 2.24) is 0 Å². The second-order valence-electron chi connectivity index (χ2n) is 1.01. The number of rotatable bonds is 2.